The molecule has 8 heteroatoms. The third-order valence-corrected chi connectivity index (χ3v) is 5.36. The van der Waals surface area contributed by atoms with Gasteiger partial charge in [0.05, 0.1) is 32.0 Å². The second kappa shape index (κ2) is 8.06. The zero-order valence-electron chi connectivity index (χ0n) is 16.9. The smallest absolute Gasteiger partial charge is 0.256 e. The third-order valence-electron chi connectivity index (χ3n) is 5.36. The minimum Gasteiger partial charge on any atom is -0.497 e. The predicted molar refractivity (Wildman–Crippen MR) is 112 cm³/mol. The van der Waals surface area contributed by atoms with E-state index in [4.69, 9.17) is 9.47 Å². The molecule has 2 aromatic rings. The minimum atomic E-state index is -0.677. The van der Waals surface area contributed by atoms with Crippen molar-refractivity contribution in [3.05, 3.63) is 42.5 Å². The molecular weight excluding hydrogens is 386 g/mol. The molecule has 156 valence electrons. The van der Waals surface area contributed by atoms with Crippen molar-refractivity contribution >= 4 is 34.8 Å². The molecular formula is C22H23N3O5. The molecule has 2 fully saturated rings. The Labute approximate surface area is 174 Å². The van der Waals surface area contributed by atoms with E-state index in [1.165, 1.54) is 4.90 Å². The number of nitrogens with one attached hydrogen (secondary N) is 1. The van der Waals surface area contributed by atoms with Crippen LogP contribution in [-0.2, 0) is 14.4 Å². The lowest BCUT2D eigenvalue weighted by Gasteiger charge is -2.21. The molecule has 0 aliphatic carbocycles. The second-order valence-corrected chi connectivity index (χ2v) is 7.20. The number of nitrogens with zero attached hydrogens (tertiary/aromatic N) is 2. The van der Waals surface area contributed by atoms with Gasteiger partial charge in [0.1, 0.15) is 17.5 Å². The molecule has 2 heterocycles. The number of hydrogen-bond acceptors (Lipinski definition) is 6. The van der Waals surface area contributed by atoms with Crippen molar-refractivity contribution in [3.8, 4) is 11.5 Å². The number of hydrogen-bond donors (Lipinski definition) is 1. The number of ether oxygens (including phenoxy) is 2. The first-order valence-corrected chi connectivity index (χ1v) is 9.77. The van der Waals surface area contributed by atoms with E-state index in [-0.39, 0.29) is 24.1 Å². The molecule has 2 aromatic carbocycles. The van der Waals surface area contributed by atoms with E-state index < -0.39 is 6.04 Å². The largest absolute Gasteiger partial charge is 0.497 e. The molecule has 30 heavy (non-hydrogen) atoms. The van der Waals surface area contributed by atoms with Crippen molar-refractivity contribution in [2.24, 2.45) is 0 Å². The SMILES string of the molecule is COc1ccc(N2C(=O)C[C@H](Nc3ccc(N4CCCC4=O)c(OC)c3)C2=O)cc1. The van der Waals surface area contributed by atoms with Crippen molar-refractivity contribution in [2.75, 3.05) is 35.9 Å². The summed E-state index contributed by atoms with van der Waals surface area (Å²) in [5, 5.41) is 3.13. The molecule has 0 radical (unpaired) electrons. The molecule has 2 aliphatic rings. The van der Waals surface area contributed by atoms with E-state index in [9.17, 15) is 14.4 Å². The van der Waals surface area contributed by atoms with Gasteiger partial charge < -0.3 is 19.7 Å². The van der Waals surface area contributed by atoms with Crippen LogP contribution in [-0.4, -0.2) is 44.5 Å². The van der Waals surface area contributed by atoms with Crippen LogP contribution >= 0.6 is 0 Å². The Morgan fingerprint density at radius 1 is 0.967 bits per heavy atom. The van der Waals surface area contributed by atoms with E-state index in [0.717, 1.165) is 6.42 Å². The van der Waals surface area contributed by atoms with Gasteiger partial charge in [0, 0.05) is 24.7 Å². The average Bonchev–Trinajstić information content (AvgIpc) is 3.30. The first kappa shape index (κ1) is 19.8. The first-order valence-electron chi connectivity index (χ1n) is 9.77. The van der Waals surface area contributed by atoms with Gasteiger partial charge in [-0.05, 0) is 42.8 Å². The lowest BCUT2D eigenvalue weighted by Crippen LogP contribution is -2.34. The summed E-state index contributed by atoms with van der Waals surface area (Å²) in [6.07, 6.45) is 1.41. The van der Waals surface area contributed by atoms with Crippen molar-refractivity contribution in [1.29, 1.82) is 0 Å². The maximum Gasteiger partial charge on any atom is 0.256 e. The summed E-state index contributed by atoms with van der Waals surface area (Å²) in [6.45, 7) is 0.661. The number of benzene rings is 2. The molecule has 2 saturated heterocycles. The highest BCUT2D eigenvalue weighted by atomic mass is 16.5. The first-order chi connectivity index (χ1) is 14.5. The number of carbonyl (C=O) groups excluding carboxylic acids is 3. The highest BCUT2D eigenvalue weighted by molar-refractivity contribution is 6.23. The lowest BCUT2D eigenvalue weighted by molar-refractivity contribution is -0.121. The van der Waals surface area contributed by atoms with Crippen LogP contribution in [0.4, 0.5) is 17.1 Å². The standard InChI is InChI=1S/C22H23N3O5/c1-29-16-8-6-15(7-9-16)25-21(27)13-17(22(25)28)23-14-5-10-18(19(12-14)30-2)24-11-3-4-20(24)26/h5-10,12,17,23H,3-4,11,13H2,1-2H3/t17-/m0/s1. The fourth-order valence-corrected chi connectivity index (χ4v) is 3.84. The molecule has 8 nitrogen and oxygen atoms in total. The molecule has 0 spiro atoms. The van der Waals surface area contributed by atoms with Crippen LogP contribution in [0.2, 0.25) is 0 Å². The van der Waals surface area contributed by atoms with Gasteiger partial charge in [-0.3, -0.25) is 14.4 Å². The molecule has 4 rings (SSSR count). The molecule has 0 unspecified atom stereocenters. The maximum absolute atomic E-state index is 12.9. The van der Waals surface area contributed by atoms with Crippen LogP contribution in [0.25, 0.3) is 0 Å². The molecule has 0 bridgehead atoms. The predicted octanol–water partition coefficient (Wildman–Crippen LogP) is 2.57. The number of rotatable bonds is 6. The number of amides is 3. The molecule has 1 N–H and O–H groups in total. The molecule has 1 atom stereocenters. The van der Waals surface area contributed by atoms with Crippen LogP contribution in [0.15, 0.2) is 42.5 Å². The Hall–Kier alpha value is -3.55. The van der Waals surface area contributed by atoms with Gasteiger partial charge in [-0.15, -0.1) is 0 Å². The fourth-order valence-electron chi connectivity index (χ4n) is 3.84. The number of anilines is 3. The van der Waals surface area contributed by atoms with Crippen LogP contribution in [0.3, 0.4) is 0 Å². The topological polar surface area (TPSA) is 88.2 Å². The third kappa shape index (κ3) is 3.56. The van der Waals surface area contributed by atoms with Gasteiger partial charge in [-0.25, -0.2) is 4.90 Å². The second-order valence-electron chi connectivity index (χ2n) is 7.20. The number of methoxy groups -OCH3 is 2. The van der Waals surface area contributed by atoms with E-state index >= 15 is 0 Å². The molecule has 2 aliphatic heterocycles. The Morgan fingerprint density at radius 2 is 1.73 bits per heavy atom. The van der Waals surface area contributed by atoms with E-state index in [0.29, 0.717) is 41.5 Å². The summed E-state index contributed by atoms with van der Waals surface area (Å²) < 4.78 is 10.6. The van der Waals surface area contributed by atoms with Crippen LogP contribution in [0, 0.1) is 0 Å². The van der Waals surface area contributed by atoms with Gasteiger partial charge in [-0.2, -0.15) is 0 Å². The molecule has 0 saturated carbocycles. The van der Waals surface area contributed by atoms with Crippen LogP contribution in [0.1, 0.15) is 19.3 Å². The zero-order valence-corrected chi connectivity index (χ0v) is 16.9. The summed E-state index contributed by atoms with van der Waals surface area (Å²) >= 11 is 0. The highest BCUT2D eigenvalue weighted by Gasteiger charge is 2.39. The number of carbonyl (C=O) groups is 3. The monoisotopic (exact) mass is 409 g/mol. The van der Waals surface area contributed by atoms with Crippen molar-refractivity contribution in [1.82, 2.24) is 0 Å². The zero-order chi connectivity index (χ0) is 21.3. The number of imide groups is 1. The van der Waals surface area contributed by atoms with Gasteiger partial charge in [0.2, 0.25) is 11.8 Å². The quantitative estimate of drug-likeness (QED) is 0.738. The maximum atomic E-state index is 12.9. The Bertz CT molecular complexity index is 989. The summed E-state index contributed by atoms with van der Waals surface area (Å²) in [4.78, 5) is 40.3. The molecule has 3 amide bonds. The summed E-state index contributed by atoms with van der Waals surface area (Å²) in [6, 6.07) is 11.4. The van der Waals surface area contributed by atoms with Crippen molar-refractivity contribution < 1.29 is 23.9 Å². The van der Waals surface area contributed by atoms with Crippen molar-refractivity contribution in [3.63, 3.8) is 0 Å². The summed E-state index contributed by atoms with van der Waals surface area (Å²) in [5.41, 5.74) is 1.86. The minimum absolute atomic E-state index is 0.0551. The van der Waals surface area contributed by atoms with E-state index in [2.05, 4.69) is 5.32 Å². The van der Waals surface area contributed by atoms with Crippen LogP contribution < -0.4 is 24.6 Å². The van der Waals surface area contributed by atoms with E-state index in [1.54, 1.807) is 61.6 Å². The Kier molecular flexibility index (Phi) is 5.31. The lowest BCUT2D eigenvalue weighted by atomic mass is 10.2. The van der Waals surface area contributed by atoms with Gasteiger partial charge in [0.25, 0.3) is 5.91 Å². The van der Waals surface area contributed by atoms with Gasteiger partial charge in [0.15, 0.2) is 0 Å². The summed E-state index contributed by atoms with van der Waals surface area (Å²) in [5.74, 6) is 0.674. The molecule has 0 aromatic heterocycles. The van der Waals surface area contributed by atoms with Gasteiger partial charge >= 0.3 is 0 Å². The fraction of sp³-hybridized carbons (Fsp3) is 0.318. The Balaban J connectivity index is 1.52. The highest BCUT2D eigenvalue weighted by Crippen LogP contribution is 2.35. The van der Waals surface area contributed by atoms with Gasteiger partial charge in [-0.1, -0.05) is 0 Å². The Morgan fingerprint density at radius 3 is 2.37 bits per heavy atom. The van der Waals surface area contributed by atoms with E-state index in [1.807, 2.05) is 0 Å². The normalized spacial score (nSPS) is 18.9. The average molecular weight is 409 g/mol. The van der Waals surface area contributed by atoms with Crippen molar-refractivity contribution in [2.45, 2.75) is 25.3 Å². The summed E-state index contributed by atoms with van der Waals surface area (Å²) in [7, 11) is 3.10. The van der Waals surface area contributed by atoms with Crippen LogP contribution in [0.5, 0.6) is 11.5 Å².